The van der Waals surface area contributed by atoms with Crippen molar-refractivity contribution in [3.8, 4) is 6.07 Å². The number of aliphatic hydroxyl groups is 2. The highest BCUT2D eigenvalue weighted by atomic mass is 16.6. The third-order valence-corrected chi connectivity index (χ3v) is 4.00. The van der Waals surface area contributed by atoms with Gasteiger partial charge in [0, 0.05) is 0 Å². The largest absolute Gasteiger partial charge is 0.387 e. The first-order valence-electron chi connectivity index (χ1n) is 6.51. The molecule has 2 aliphatic heterocycles. The summed E-state index contributed by atoms with van der Waals surface area (Å²) in [6, 6.07) is 1.73. The molecule has 2 bridgehead atoms. The van der Waals surface area contributed by atoms with Crippen molar-refractivity contribution in [2.75, 3.05) is 0 Å². The lowest BCUT2D eigenvalue weighted by molar-refractivity contribution is -0.0363. The van der Waals surface area contributed by atoms with Crippen LogP contribution in [-0.2, 0) is 17.8 Å². The van der Waals surface area contributed by atoms with Crippen LogP contribution in [0.3, 0.4) is 0 Å². The molecule has 0 spiro atoms. The second-order valence-corrected chi connectivity index (χ2v) is 5.19. The van der Waals surface area contributed by atoms with Crippen LogP contribution in [0, 0.1) is 11.3 Å². The molecule has 2 N–H and O–H groups in total. The Bertz CT molecular complexity index is 935. The van der Waals surface area contributed by atoms with E-state index in [1.807, 2.05) is 0 Å². The molecular formula is C11H10N6O5. The predicted octanol–water partition coefficient (Wildman–Crippen LogP) is -3.09. The maximum atomic E-state index is 12.5. The monoisotopic (exact) mass is 306 g/mol. The highest BCUT2D eigenvalue weighted by Crippen LogP contribution is 2.33. The fourth-order valence-corrected chi connectivity index (χ4v) is 2.95. The molecule has 2 aromatic heterocycles. The summed E-state index contributed by atoms with van der Waals surface area (Å²) in [7, 11) is 0. The lowest BCUT2D eigenvalue weighted by atomic mass is 10.1. The van der Waals surface area contributed by atoms with E-state index < -0.39 is 42.3 Å². The highest BCUT2D eigenvalue weighted by Gasteiger charge is 2.47. The SMILES string of the molecule is N#CCn1c(=O)c2nnn3c2n(c1=O)[C@@H]1O[C@H](C3)C(O)C1O. The zero-order chi connectivity index (χ0) is 15.6. The number of rotatable bonds is 1. The summed E-state index contributed by atoms with van der Waals surface area (Å²) in [6.07, 6.45) is -4.47. The van der Waals surface area contributed by atoms with Gasteiger partial charge in [-0.1, -0.05) is 5.21 Å². The van der Waals surface area contributed by atoms with Gasteiger partial charge >= 0.3 is 5.69 Å². The van der Waals surface area contributed by atoms with Crippen LogP contribution >= 0.6 is 0 Å². The van der Waals surface area contributed by atoms with Crippen LogP contribution in [0.1, 0.15) is 6.23 Å². The van der Waals surface area contributed by atoms with Gasteiger partial charge in [-0.3, -0.25) is 4.79 Å². The lowest BCUT2D eigenvalue weighted by Gasteiger charge is -2.20. The van der Waals surface area contributed by atoms with E-state index in [0.717, 1.165) is 4.57 Å². The first kappa shape index (κ1) is 13.1. The summed E-state index contributed by atoms with van der Waals surface area (Å²) >= 11 is 0. The van der Waals surface area contributed by atoms with E-state index in [4.69, 9.17) is 10.00 Å². The van der Waals surface area contributed by atoms with E-state index in [0.29, 0.717) is 4.57 Å². The van der Waals surface area contributed by atoms with Crippen molar-refractivity contribution in [1.82, 2.24) is 24.1 Å². The third-order valence-electron chi connectivity index (χ3n) is 4.00. The van der Waals surface area contributed by atoms with E-state index in [-0.39, 0.29) is 17.7 Å². The summed E-state index contributed by atoms with van der Waals surface area (Å²) in [5.74, 6) is 0. The molecule has 0 aromatic carbocycles. The van der Waals surface area contributed by atoms with E-state index in [1.165, 1.54) is 4.68 Å². The van der Waals surface area contributed by atoms with E-state index >= 15 is 0 Å². The molecule has 1 fully saturated rings. The first-order chi connectivity index (χ1) is 10.5. The molecule has 11 nitrogen and oxygen atoms in total. The molecule has 0 saturated carbocycles. The summed E-state index contributed by atoms with van der Waals surface area (Å²) in [5, 5.41) is 36.4. The Balaban J connectivity index is 2.13. The van der Waals surface area contributed by atoms with Gasteiger partial charge in [-0.2, -0.15) is 5.26 Å². The maximum absolute atomic E-state index is 12.5. The molecule has 0 aliphatic carbocycles. The van der Waals surface area contributed by atoms with Crippen molar-refractivity contribution in [3.05, 3.63) is 20.8 Å². The topological polar surface area (TPSA) is 148 Å². The fraction of sp³-hybridized carbons (Fsp3) is 0.545. The predicted molar refractivity (Wildman–Crippen MR) is 67.6 cm³/mol. The summed E-state index contributed by atoms with van der Waals surface area (Å²) in [4.78, 5) is 24.8. The Labute approximate surface area is 121 Å². The lowest BCUT2D eigenvalue weighted by Crippen LogP contribution is -2.45. The highest BCUT2D eigenvalue weighted by molar-refractivity contribution is 5.69. The van der Waals surface area contributed by atoms with E-state index in [1.54, 1.807) is 6.07 Å². The second kappa shape index (κ2) is 4.23. The number of nitrogens with zero attached hydrogens (tertiary/aromatic N) is 6. The fourth-order valence-electron chi connectivity index (χ4n) is 2.95. The summed E-state index contributed by atoms with van der Waals surface area (Å²) < 4.78 is 8.51. The average molecular weight is 306 g/mol. The average Bonchev–Trinajstić information content (AvgIpc) is 2.96. The number of ether oxygens (including phenoxy) is 1. The van der Waals surface area contributed by atoms with Gasteiger partial charge in [0.1, 0.15) is 24.9 Å². The minimum Gasteiger partial charge on any atom is -0.387 e. The molecular weight excluding hydrogens is 296 g/mol. The molecule has 11 heteroatoms. The van der Waals surface area contributed by atoms with Crippen molar-refractivity contribution < 1.29 is 14.9 Å². The van der Waals surface area contributed by atoms with Crippen molar-refractivity contribution in [1.29, 1.82) is 5.26 Å². The van der Waals surface area contributed by atoms with Gasteiger partial charge in [0.2, 0.25) is 0 Å². The van der Waals surface area contributed by atoms with Gasteiger partial charge < -0.3 is 14.9 Å². The number of aliphatic hydroxyl groups excluding tert-OH is 2. The second-order valence-electron chi connectivity index (χ2n) is 5.19. The quantitative estimate of drug-likeness (QED) is 0.563. The molecule has 0 radical (unpaired) electrons. The van der Waals surface area contributed by atoms with Gasteiger partial charge in [-0.25, -0.2) is 18.6 Å². The Morgan fingerprint density at radius 3 is 2.86 bits per heavy atom. The number of nitriles is 1. The van der Waals surface area contributed by atoms with Crippen LogP contribution in [0.25, 0.3) is 11.2 Å². The van der Waals surface area contributed by atoms with Gasteiger partial charge in [0.15, 0.2) is 17.4 Å². The standard InChI is InChI=1S/C11H10N6O5/c12-1-2-15-9(20)5-8-16(14-13-5)3-4-6(18)7(19)10(22-4)17(8)11(15)21/h4,6-7,10,18-19H,2-3H2/t4-,6?,7?,10-/m1/s1. The van der Waals surface area contributed by atoms with Crippen LogP contribution in [0.15, 0.2) is 9.59 Å². The number of hydrogen-bond donors (Lipinski definition) is 2. The first-order valence-corrected chi connectivity index (χ1v) is 6.51. The van der Waals surface area contributed by atoms with Crippen LogP contribution in [-0.4, -0.2) is 52.7 Å². The van der Waals surface area contributed by atoms with Gasteiger partial charge in [0.05, 0.1) is 12.6 Å². The molecule has 2 aliphatic rings. The third kappa shape index (κ3) is 1.43. The van der Waals surface area contributed by atoms with Crippen molar-refractivity contribution in [2.45, 2.75) is 37.6 Å². The van der Waals surface area contributed by atoms with Crippen molar-refractivity contribution >= 4 is 11.2 Å². The summed E-state index contributed by atoms with van der Waals surface area (Å²) in [5.41, 5.74) is -1.52. The maximum Gasteiger partial charge on any atom is 0.335 e. The molecule has 22 heavy (non-hydrogen) atoms. The normalized spacial score (nSPS) is 29.5. The minimum atomic E-state index is -1.33. The van der Waals surface area contributed by atoms with E-state index in [9.17, 15) is 19.8 Å². The molecule has 114 valence electrons. The van der Waals surface area contributed by atoms with Crippen LogP contribution in [0.2, 0.25) is 0 Å². The Hall–Kier alpha value is -2.55. The molecule has 1 saturated heterocycles. The molecule has 2 aromatic rings. The van der Waals surface area contributed by atoms with Gasteiger partial charge in [-0.05, 0) is 0 Å². The molecule has 4 rings (SSSR count). The molecule has 4 atom stereocenters. The van der Waals surface area contributed by atoms with Crippen LogP contribution in [0.5, 0.6) is 0 Å². The number of aromatic nitrogens is 5. The van der Waals surface area contributed by atoms with Crippen LogP contribution in [0.4, 0.5) is 0 Å². The van der Waals surface area contributed by atoms with E-state index in [2.05, 4.69) is 10.3 Å². The zero-order valence-corrected chi connectivity index (χ0v) is 11.0. The van der Waals surface area contributed by atoms with Gasteiger partial charge in [0.25, 0.3) is 5.56 Å². The smallest absolute Gasteiger partial charge is 0.335 e. The molecule has 2 unspecified atom stereocenters. The minimum absolute atomic E-state index is 0.0480. The van der Waals surface area contributed by atoms with Gasteiger partial charge in [-0.15, -0.1) is 5.10 Å². The zero-order valence-electron chi connectivity index (χ0n) is 11.0. The number of hydrogen-bond acceptors (Lipinski definition) is 8. The Morgan fingerprint density at radius 1 is 1.36 bits per heavy atom. The summed E-state index contributed by atoms with van der Waals surface area (Å²) in [6.45, 7) is -0.415. The Kier molecular flexibility index (Phi) is 2.52. The number of fused-ring (bicyclic) bond motifs is 3. The molecule has 0 amide bonds. The Morgan fingerprint density at radius 2 is 2.14 bits per heavy atom. The van der Waals surface area contributed by atoms with Crippen molar-refractivity contribution in [3.63, 3.8) is 0 Å². The van der Waals surface area contributed by atoms with Crippen molar-refractivity contribution in [2.24, 2.45) is 0 Å². The molecule has 4 heterocycles. The van der Waals surface area contributed by atoms with Crippen LogP contribution < -0.4 is 11.2 Å².